The molecule has 1 unspecified atom stereocenters. The molecule has 0 radical (unpaired) electrons. The summed E-state index contributed by atoms with van der Waals surface area (Å²) in [7, 11) is 0. The predicted molar refractivity (Wildman–Crippen MR) is 69.8 cm³/mol. The second kappa shape index (κ2) is 7.40. The molecule has 0 saturated carbocycles. The number of carbonyl (C=O) groups excluding carboxylic acids is 1. The third-order valence-corrected chi connectivity index (χ3v) is 2.74. The van der Waals surface area contributed by atoms with Gasteiger partial charge in [-0.3, -0.25) is 9.48 Å². The topological polar surface area (TPSA) is 96.3 Å². The SMILES string of the molecule is CCC(CNC(=O)NCCn1cc(C)cn1)C(=O)O. The molecule has 0 spiro atoms. The van der Waals surface area contributed by atoms with Crippen LogP contribution in [0.1, 0.15) is 18.9 Å². The third-order valence-electron chi connectivity index (χ3n) is 2.74. The molecule has 3 N–H and O–H groups in total. The van der Waals surface area contributed by atoms with Gasteiger partial charge in [0.2, 0.25) is 0 Å². The van der Waals surface area contributed by atoms with Crippen molar-refractivity contribution in [2.75, 3.05) is 13.1 Å². The molecule has 0 saturated heterocycles. The largest absolute Gasteiger partial charge is 0.481 e. The highest BCUT2D eigenvalue weighted by Gasteiger charge is 2.15. The Balaban J connectivity index is 2.19. The second-order valence-corrected chi connectivity index (χ2v) is 4.36. The summed E-state index contributed by atoms with van der Waals surface area (Å²) in [6, 6.07) is -0.358. The molecule has 1 heterocycles. The summed E-state index contributed by atoms with van der Waals surface area (Å²) in [4.78, 5) is 22.2. The fraction of sp³-hybridized carbons (Fsp3) is 0.583. The summed E-state index contributed by atoms with van der Waals surface area (Å²) in [6.07, 6.45) is 4.12. The highest BCUT2D eigenvalue weighted by Crippen LogP contribution is 1.99. The van der Waals surface area contributed by atoms with E-state index >= 15 is 0 Å². The molecule has 0 aliphatic rings. The number of aromatic nitrogens is 2. The number of carboxylic acids is 1. The quantitative estimate of drug-likeness (QED) is 0.674. The van der Waals surface area contributed by atoms with Gasteiger partial charge in [-0.15, -0.1) is 0 Å². The van der Waals surface area contributed by atoms with Crippen molar-refractivity contribution in [1.29, 1.82) is 0 Å². The Morgan fingerprint density at radius 3 is 2.74 bits per heavy atom. The molecule has 19 heavy (non-hydrogen) atoms. The Bertz CT molecular complexity index is 430. The molecule has 7 nitrogen and oxygen atoms in total. The molecule has 1 aromatic heterocycles. The average molecular weight is 268 g/mol. The molecule has 0 fully saturated rings. The lowest BCUT2D eigenvalue weighted by Gasteiger charge is -2.11. The lowest BCUT2D eigenvalue weighted by molar-refractivity contribution is -0.141. The Morgan fingerprint density at radius 2 is 2.21 bits per heavy atom. The lowest BCUT2D eigenvalue weighted by atomic mass is 10.1. The molecule has 0 aliphatic heterocycles. The van der Waals surface area contributed by atoms with Crippen molar-refractivity contribution in [2.45, 2.75) is 26.8 Å². The molecule has 0 aromatic carbocycles. The highest BCUT2D eigenvalue weighted by atomic mass is 16.4. The van der Waals surface area contributed by atoms with E-state index in [-0.39, 0.29) is 12.6 Å². The first-order chi connectivity index (χ1) is 9.02. The molecular formula is C12H20N4O3. The Kier molecular flexibility index (Phi) is 5.84. The Morgan fingerprint density at radius 1 is 1.47 bits per heavy atom. The average Bonchev–Trinajstić information content (AvgIpc) is 2.75. The Hall–Kier alpha value is -2.05. The van der Waals surface area contributed by atoms with Crippen molar-refractivity contribution in [3.63, 3.8) is 0 Å². The summed E-state index contributed by atoms with van der Waals surface area (Å²) in [6.45, 7) is 4.88. The second-order valence-electron chi connectivity index (χ2n) is 4.36. The van der Waals surface area contributed by atoms with Gasteiger partial charge in [-0.25, -0.2) is 4.79 Å². The zero-order valence-corrected chi connectivity index (χ0v) is 11.2. The van der Waals surface area contributed by atoms with Crippen molar-refractivity contribution in [2.24, 2.45) is 5.92 Å². The van der Waals surface area contributed by atoms with Gasteiger partial charge in [0.25, 0.3) is 0 Å². The van der Waals surface area contributed by atoms with E-state index in [1.165, 1.54) is 0 Å². The van der Waals surface area contributed by atoms with Crippen LogP contribution in [0.4, 0.5) is 4.79 Å². The molecule has 0 bridgehead atoms. The van der Waals surface area contributed by atoms with Crippen LogP contribution in [0.2, 0.25) is 0 Å². The number of aryl methyl sites for hydroxylation is 1. The smallest absolute Gasteiger partial charge is 0.314 e. The molecular weight excluding hydrogens is 248 g/mol. The van der Waals surface area contributed by atoms with E-state index < -0.39 is 11.9 Å². The minimum atomic E-state index is -0.894. The molecule has 7 heteroatoms. The van der Waals surface area contributed by atoms with Crippen LogP contribution in [0.3, 0.4) is 0 Å². The first-order valence-electron chi connectivity index (χ1n) is 6.26. The van der Waals surface area contributed by atoms with Gasteiger partial charge in [0.05, 0.1) is 18.7 Å². The summed E-state index contributed by atoms with van der Waals surface area (Å²) < 4.78 is 1.74. The summed E-state index contributed by atoms with van der Waals surface area (Å²) in [5.41, 5.74) is 1.07. The number of urea groups is 1. The fourth-order valence-electron chi connectivity index (χ4n) is 1.56. The zero-order chi connectivity index (χ0) is 14.3. The summed E-state index contributed by atoms with van der Waals surface area (Å²) in [5, 5.41) is 18.1. The van der Waals surface area contributed by atoms with E-state index in [0.29, 0.717) is 19.5 Å². The van der Waals surface area contributed by atoms with Crippen LogP contribution in [0.15, 0.2) is 12.4 Å². The van der Waals surface area contributed by atoms with Crippen molar-refractivity contribution in [1.82, 2.24) is 20.4 Å². The monoisotopic (exact) mass is 268 g/mol. The standard InChI is InChI=1S/C12H20N4O3/c1-3-10(11(17)18)7-14-12(19)13-4-5-16-8-9(2)6-15-16/h6,8,10H,3-5,7H2,1-2H3,(H,17,18)(H2,13,14,19). The number of nitrogens with zero attached hydrogens (tertiary/aromatic N) is 2. The van der Waals surface area contributed by atoms with Gasteiger partial charge in [0.1, 0.15) is 0 Å². The number of hydrogen-bond donors (Lipinski definition) is 3. The van der Waals surface area contributed by atoms with Gasteiger partial charge < -0.3 is 15.7 Å². The minimum absolute atomic E-state index is 0.137. The molecule has 1 atom stereocenters. The maximum Gasteiger partial charge on any atom is 0.314 e. The van der Waals surface area contributed by atoms with E-state index in [9.17, 15) is 9.59 Å². The molecule has 1 aromatic rings. The first kappa shape index (κ1) is 15.0. The van der Waals surface area contributed by atoms with Crippen molar-refractivity contribution >= 4 is 12.0 Å². The summed E-state index contributed by atoms with van der Waals surface area (Å²) in [5.74, 6) is -1.44. The van der Waals surface area contributed by atoms with Crippen LogP contribution < -0.4 is 10.6 Å². The van der Waals surface area contributed by atoms with Crippen LogP contribution in [-0.4, -0.2) is 40.0 Å². The summed E-state index contributed by atoms with van der Waals surface area (Å²) >= 11 is 0. The van der Waals surface area contributed by atoms with Crippen LogP contribution >= 0.6 is 0 Å². The van der Waals surface area contributed by atoms with Crippen LogP contribution in [-0.2, 0) is 11.3 Å². The van der Waals surface area contributed by atoms with E-state index in [2.05, 4.69) is 15.7 Å². The van der Waals surface area contributed by atoms with Gasteiger partial charge in [0.15, 0.2) is 0 Å². The lowest BCUT2D eigenvalue weighted by Crippen LogP contribution is -2.40. The van der Waals surface area contributed by atoms with E-state index in [4.69, 9.17) is 5.11 Å². The zero-order valence-electron chi connectivity index (χ0n) is 11.2. The first-order valence-corrected chi connectivity index (χ1v) is 6.26. The normalized spacial score (nSPS) is 11.9. The van der Waals surface area contributed by atoms with Gasteiger partial charge in [-0.05, 0) is 18.9 Å². The molecule has 1 rings (SSSR count). The Labute approximate surface area is 112 Å². The molecule has 106 valence electrons. The number of carbonyl (C=O) groups is 2. The highest BCUT2D eigenvalue weighted by molar-refractivity contribution is 5.75. The van der Waals surface area contributed by atoms with Gasteiger partial charge >= 0.3 is 12.0 Å². The number of aliphatic carboxylic acids is 1. The maximum absolute atomic E-state index is 11.4. The van der Waals surface area contributed by atoms with Crippen molar-refractivity contribution in [3.8, 4) is 0 Å². The number of hydrogen-bond acceptors (Lipinski definition) is 3. The van der Waals surface area contributed by atoms with E-state index in [1.807, 2.05) is 13.1 Å². The maximum atomic E-state index is 11.4. The molecule has 0 aliphatic carbocycles. The van der Waals surface area contributed by atoms with Gasteiger partial charge in [0, 0.05) is 19.3 Å². The number of rotatable bonds is 7. The van der Waals surface area contributed by atoms with Crippen molar-refractivity contribution in [3.05, 3.63) is 18.0 Å². The number of carboxylic acid groups (broad SMARTS) is 1. The number of amides is 2. The van der Waals surface area contributed by atoms with Crippen LogP contribution in [0.25, 0.3) is 0 Å². The number of nitrogens with one attached hydrogen (secondary N) is 2. The fourth-order valence-corrected chi connectivity index (χ4v) is 1.56. The van der Waals surface area contributed by atoms with E-state index in [0.717, 1.165) is 5.56 Å². The van der Waals surface area contributed by atoms with Gasteiger partial charge in [-0.1, -0.05) is 6.92 Å². The predicted octanol–water partition coefficient (Wildman–Crippen LogP) is 0.602. The molecule has 2 amide bonds. The van der Waals surface area contributed by atoms with Crippen LogP contribution in [0, 0.1) is 12.8 Å². The minimum Gasteiger partial charge on any atom is -0.481 e. The third kappa shape index (κ3) is 5.41. The van der Waals surface area contributed by atoms with Gasteiger partial charge in [-0.2, -0.15) is 5.10 Å². The van der Waals surface area contributed by atoms with Crippen LogP contribution in [0.5, 0.6) is 0 Å². The van der Waals surface area contributed by atoms with Crippen molar-refractivity contribution < 1.29 is 14.7 Å². The van der Waals surface area contributed by atoms with E-state index in [1.54, 1.807) is 17.8 Å².